The number of ether oxygens (including phenoxy) is 1. The first-order valence-corrected chi connectivity index (χ1v) is 13.7. The highest BCUT2D eigenvalue weighted by Gasteiger charge is 2.40. The van der Waals surface area contributed by atoms with Crippen LogP contribution in [0.15, 0.2) is 36.8 Å². The summed E-state index contributed by atoms with van der Waals surface area (Å²) in [7, 11) is 0. The van der Waals surface area contributed by atoms with Crippen molar-refractivity contribution < 1.29 is 13.9 Å². The number of pyridine rings is 2. The van der Waals surface area contributed by atoms with E-state index in [-0.39, 0.29) is 11.7 Å². The molecule has 3 aromatic heterocycles. The average Bonchev–Trinajstić information content (AvgIpc) is 3.76. The molecule has 2 saturated carbocycles. The van der Waals surface area contributed by atoms with Crippen molar-refractivity contribution in [2.45, 2.75) is 62.8 Å². The first kappa shape index (κ1) is 25.6. The van der Waals surface area contributed by atoms with E-state index in [9.17, 15) is 14.4 Å². The fraction of sp³-hybridized carbons (Fsp3) is 0.483. The number of aromatic nitrogens is 4. The predicted octanol–water partition coefficient (Wildman–Crippen LogP) is 4.28. The van der Waals surface area contributed by atoms with Gasteiger partial charge in [-0.1, -0.05) is 0 Å². The molecule has 202 valence electrons. The van der Waals surface area contributed by atoms with Gasteiger partial charge in [0.1, 0.15) is 0 Å². The molecule has 4 heterocycles. The summed E-state index contributed by atoms with van der Waals surface area (Å²) in [6, 6.07) is 8.16. The standard InChI is InChI=1S/C29H32FN7O2/c1-19-24(17-34-37(19)27-25(30)14-21(15-33-27)20-2-3-20)28(38)35-22-4-5-26(32-16-22)29(18-31)8-6-23(7-9-29)36-10-12-39-13-11-36/h4-5,14-17,20,23H,2-3,6-13H2,1H3,(H,35,38). The van der Waals surface area contributed by atoms with Gasteiger partial charge in [0, 0.05) is 25.3 Å². The topological polar surface area (TPSA) is 109 Å². The Morgan fingerprint density at radius 3 is 2.54 bits per heavy atom. The highest BCUT2D eigenvalue weighted by molar-refractivity contribution is 6.04. The van der Waals surface area contributed by atoms with Gasteiger partial charge in [-0.3, -0.25) is 14.7 Å². The second-order valence-corrected chi connectivity index (χ2v) is 10.9. The molecule has 0 radical (unpaired) electrons. The molecular formula is C29H32FN7O2. The van der Waals surface area contributed by atoms with Gasteiger partial charge in [-0.05, 0) is 75.1 Å². The third-order valence-electron chi connectivity index (χ3n) is 8.44. The number of amides is 1. The molecule has 10 heteroatoms. The van der Waals surface area contributed by atoms with Crippen LogP contribution < -0.4 is 5.32 Å². The Morgan fingerprint density at radius 2 is 1.90 bits per heavy atom. The molecule has 3 aromatic rings. The molecule has 1 N–H and O–H groups in total. The zero-order chi connectivity index (χ0) is 27.0. The van der Waals surface area contributed by atoms with Gasteiger partial charge in [0.2, 0.25) is 0 Å². The third-order valence-corrected chi connectivity index (χ3v) is 8.44. The van der Waals surface area contributed by atoms with Crippen molar-refractivity contribution >= 4 is 11.6 Å². The summed E-state index contributed by atoms with van der Waals surface area (Å²) in [6.07, 6.45) is 10.3. The summed E-state index contributed by atoms with van der Waals surface area (Å²) in [5.74, 6) is -0.353. The van der Waals surface area contributed by atoms with Crippen LogP contribution in [0.1, 0.15) is 71.8 Å². The van der Waals surface area contributed by atoms with Crippen LogP contribution in [0.25, 0.3) is 5.82 Å². The lowest BCUT2D eigenvalue weighted by Crippen LogP contribution is -2.47. The average molecular weight is 530 g/mol. The number of carbonyl (C=O) groups is 1. The second kappa shape index (κ2) is 10.5. The zero-order valence-electron chi connectivity index (χ0n) is 22.1. The number of nitriles is 1. The van der Waals surface area contributed by atoms with Gasteiger partial charge in [-0.25, -0.2) is 14.1 Å². The first-order chi connectivity index (χ1) is 19.0. The SMILES string of the molecule is Cc1c(C(=O)Nc2ccc(C3(C#N)CCC(N4CCOCC4)CC3)nc2)cnn1-c1ncc(C2CC2)cc1F. The van der Waals surface area contributed by atoms with Gasteiger partial charge in [-0.2, -0.15) is 10.4 Å². The lowest BCUT2D eigenvalue weighted by atomic mass is 9.71. The Bertz CT molecular complexity index is 1400. The zero-order valence-corrected chi connectivity index (χ0v) is 22.1. The number of rotatable bonds is 6. The van der Waals surface area contributed by atoms with Gasteiger partial charge in [0.15, 0.2) is 11.6 Å². The number of nitrogens with zero attached hydrogens (tertiary/aromatic N) is 6. The smallest absolute Gasteiger partial charge is 0.259 e. The lowest BCUT2D eigenvalue weighted by molar-refractivity contribution is 0.00493. The summed E-state index contributed by atoms with van der Waals surface area (Å²) in [5, 5.41) is 17.2. The van der Waals surface area contributed by atoms with Crippen molar-refractivity contribution in [2.24, 2.45) is 0 Å². The van der Waals surface area contributed by atoms with E-state index in [4.69, 9.17) is 4.74 Å². The Morgan fingerprint density at radius 1 is 1.13 bits per heavy atom. The molecule has 0 bridgehead atoms. The highest BCUT2D eigenvalue weighted by atomic mass is 19.1. The number of halogens is 1. The maximum atomic E-state index is 14.8. The van der Waals surface area contributed by atoms with Gasteiger partial charge in [0.25, 0.3) is 5.91 Å². The molecule has 3 aliphatic rings. The summed E-state index contributed by atoms with van der Waals surface area (Å²) in [5.41, 5.74) is 2.35. The number of carbonyl (C=O) groups excluding carboxylic acids is 1. The minimum Gasteiger partial charge on any atom is -0.379 e. The van der Waals surface area contributed by atoms with Crippen molar-refractivity contribution in [2.75, 3.05) is 31.6 Å². The molecule has 0 aromatic carbocycles. The molecule has 9 nitrogen and oxygen atoms in total. The normalized spacial score (nSPS) is 23.8. The summed E-state index contributed by atoms with van der Waals surface area (Å²) < 4.78 is 21.6. The number of hydrogen-bond acceptors (Lipinski definition) is 7. The van der Waals surface area contributed by atoms with Crippen LogP contribution in [0.5, 0.6) is 0 Å². The van der Waals surface area contributed by atoms with Crippen LogP contribution >= 0.6 is 0 Å². The van der Waals surface area contributed by atoms with Crippen molar-refractivity contribution in [1.29, 1.82) is 5.26 Å². The molecule has 2 aliphatic carbocycles. The highest BCUT2D eigenvalue weighted by Crippen LogP contribution is 2.41. The Hall–Kier alpha value is -3.68. The second-order valence-electron chi connectivity index (χ2n) is 10.9. The number of morpholine rings is 1. The molecule has 0 spiro atoms. The fourth-order valence-electron chi connectivity index (χ4n) is 5.86. The molecule has 39 heavy (non-hydrogen) atoms. The summed E-state index contributed by atoms with van der Waals surface area (Å²) >= 11 is 0. The van der Waals surface area contributed by atoms with Crippen LogP contribution in [0.4, 0.5) is 10.1 Å². The molecule has 3 fully saturated rings. The van der Waals surface area contributed by atoms with Crippen LogP contribution in [0, 0.1) is 24.1 Å². The van der Waals surface area contributed by atoms with Crippen molar-refractivity contribution in [1.82, 2.24) is 24.6 Å². The molecule has 6 rings (SSSR count). The maximum Gasteiger partial charge on any atom is 0.259 e. The Labute approximate surface area is 227 Å². The fourth-order valence-corrected chi connectivity index (χ4v) is 5.86. The van der Waals surface area contributed by atoms with E-state index in [2.05, 4.69) is 31.4 Å². The van der Waals surface area contributed by atoms with E-state index in [1.165, 1.54) is 16.9 Å². The molecule has 1 aliphatic heterocycles. The van der Waals surface area contributed by atoms with E-state index in [0.717, 1.165) is 76.1 Å². The Kier molecular flexibility index (Phi) is 6.87. The molecule has 0 atom stereocenters. The monoisotopic (exact) mass is 529 g/mol. The van der Waals surface area contributed by atoms with Crippen LogP contribution in [0.3, 0.4) is 0 Å². The summed E-state index contributed by atoms with van der Waals surface area (Å²) in [6.45, 7) is 5.16. The van der Waals surface area contributed by atoms with E-state index >= 15 is 0 Å². The van der Waals surface area contributed by atoms with Crippen LogP contribution in [-0.4, -0.2) is 62.9 Å². The van der Waals surface area contributed by atoms with Crippen molar-refractivity contribution in [3.63, 3.8) is 0 Å². The quantitative estimate of drug-likeness (QED) is 0.508. The number of anilines is 1. The largest absolute Gasteiger partial charge is 0.379 e. The van der Waals surface area contributed by atoms with Gasteiger partial charge in [-0.15, -0.1) is 0 Å². The summed E-state index contributed by atoms with van der Waals surface area (Å²) in [4.78, 5) is 24.4. The minimum atomic E-state index is -0.616. The molecular weight excluding hydrogens is 497 g/mol. The van der Waals surface area contributed by atoms with E-state index in [1.54, 1.807) is 25.4 Å². The van der Waals surface area contributed by atoms with Gasteiger partial charge < -0.3 is 10.1 Å². The van der Waals surface area contributed by atoms with Crippen LogP contribution in [-0.2, 0) is 10.2 Å². The lowest BCUT2D eigenvalue weighted by Gasteiger charge is -2.41. The molecule has 1 amide bonds. The minimum absolute atomic E-state index is 0.0760. The molecule has 0 unspecified atom stereocenters. The number of hydrogen-bond donors (Lipinski definition) is 1. The third kappa shape index (κ3) is 5.04. The maximum absolute atomic E-state index is 14.8. The Balaban J connectivity index is 1.12. The molecule has 1 saturated heterocycles. The van der Waals surface area contributed by atoms with Gasteiger partial charge in [0.05, 0.1) is 59.7 Å². The first-order valence-electron chi connectivity index (χ1n) is 13.7. The van der Waals surface area contributed by atoms with Crippen LogP contribution in [0.2, 0.25) is 0 Å². The van der Waals surface area contributed by atoms with E-state index in [1.807, 2.05) is 6.07 Å². The predicted molar refractivity (Wildman–Crippen MR) is 142 cm³/mol. The van der Waals surface area contributed by atoms with E-state index in [0.29, 0.717) is 28.9 Å². The van der Waals surface area contributed by atoms with Crippen molar-refractivity contribution in [3.05, 3.63) is 65.1 Å². The van der Waals surface area contributed by atoms with Gasteiger partial charge >= 0.3 is 0 Å². The van der Waals surface area contributed by atoms with E-state index < -0.39 is 11.2 Å². The van der Waals surface area contributed by atoms with Crippen molar-refractivity contribution in [3.8, 4) is 11.9 Å². The number of nitrogens with one attached hydrogen (secondary N) is 1.